The molecule has 4 heterocycles. The van der Waals surface area contributed by atoms with Crippen LogP contribution in [-0.4, -0.2) is 65.0 Å². The van der Waals surface area contributed by atoms with Gasteiger partial charge in [-0.3, -0.25) is 9.78 Å². The number of hydrogen-bond donors (Lipinski definition) is 2. The van der Waals surface area contributed by atoms with Gasteiger partial charge in [0.05, 0.1) is 43.9 Å². The molecule has 0 radical (unpaired) electrons. The molecule has 5 rings (SSSR count). The smallest absolute Gasteiger partial charge is 0.322 e. The predicted octanol–water partition coefficient (Wildman–Crippen LogP) is 4.73. The van der Waals surface area contributed by atoms with Crippen molar-refractivity contribution < 1.29 is 14.3 Å². The number of urea groups is 1. The van der Waals surface area contributed by atoms with Crippen LogP contribution in [0.15, 0.2) is 54.9 Å². The fourth-order valence-corrected chi connectivity index (χ4v) is 4.49. The Morgan fingerprint density at radius 1 is 1.02 bits per heavy atom. The lowest BCUT2D eigenvalue weighted by molar-refractivity contribution is -0.112. The summed E-state index contributed by atoms with van der Waals surface area (Å²) in [5.41, 5.74) is 5.74. The Bertz CT molecular complexity index is 1340. The van der Waals surface area contributed by atoms with Gasteiger partial charge in [0, 0.05) is 43.7 Å². The standard InChI is InChI=1S/C17H20N6O2.C12H15NO.C2H6/c1-12-19-15-11-23(17(24)21-13-3-2-4-18-9-13)10-14(15)16(20-12)22-5-7-25-8-6-22;1-9-5-4-6-11(7-9)12(13-3)8-10(2)14;1-2/h2-4,9H,5-8,10-11H2,1H3,(H,21,24);4-8,13H,1-3H3;1-2H3/b;12-8-;. The van der Waals surface area contributed by atoms with E-state index in [4.69, 9.17) is 4.74 Å². The van der Waals surface area contributed by atoms with E-state index in [9.17, 15) is 9.59 Å². The monoisotopic (exact) mass is 559 g/mol. The molecule has 1 saturated heterocycles. The molecule has 3 aromatic rings. The molecule has 0 unspecified atom stereocenters. The normalized spacial score (nSPS) is 14.1. The number of allylic oxidation sites excluding steroid dienone is 1. The minimum absolute atomic E-state index is 0.0517. The molecular formula is C31H41N7O3. The summed E-state index contributed by atoms with van der Waals surface area (Å²) in [4.78, 5) is 40.7. The third-order valence-corrected chi connectivity index (χ3v) is 6.33. The number of anilines is 2. The summed E-state index contributed by atoms with van der Waals surface area (Å²) < 4.78 is 5.43. The first-order valence-corrected chi connectivity index (χ1v) is 14.0. The second-order valence-corrected chi connectivity index (χ2v) is 9.44. The molecule has 10 heteroatoms. The lowest BCUT2D eigenvalue weighted by Gasteiger charge is -2.29. The number of carbonyl (C=O) groups is 2. The molecule has 41 heavy (non-hydrogen) atoms. The first-order valence-electron chi connectivity index (χ1n) is 14.0. The predicted molar refractivity (Wildman–Crippen MR) is 163 cm³/mol. The number of amides is 2. The van der Waals surface area contributed by atoms with Crippen molar-refractivity contribution in [2.24, 2.45) is 0 Å². The Hall–Kier alpha value is -4.31. The second-order valence-electron chi connectivity index (χ2n) is 9.44. The van der Waals surface area contributed by atoms with E-state index in [1.807, 2.05) is 65.1 Å². The van der Waals surface area contributed by atoms with Gasteiger partial charge in [-0.25, -0.2) is 14.8 Å². The number of benzene rings is 1. The molecule has 1 fully saturated rings. The summed E-state index contributed by atoms with van der Waals surface area (Å²) in [5, 5.41) is 5.89. The Kier molecular flexibility index (Phi) is 11.8. The molecule has 0 bridgehead atoms. The van der Waals surface area contributed by atoms with Crippen molar-refractivity contribution in [3.63, 3.8) is 0 Å². The molecule has 2 aliphatic rings. The Morgan fingerprint density at radius 3 is 2.41 bits per heavy atom. The van der Waals surface area contributed by atoms with Gasteiger partial charge in [0.1, 0.15) is 11.6 Å². The lowest BCUT2D eigenvalue weighted by atomic mass is 10.1. The first-order chi connectivity index (χ1) is 19.8. The molecule has 2 N–H and O–H groups in total. The van der Waals surface area contributed by atoms with Gasteiger partial charge in [-0.2, -0.15) is 0 Å². The van der Waals surface area contributed by atoms with E-state index in [0.717, 1.165) is 47.2 Å². The van der Waals surface area contributed by atoms with E-state index < -0.39 is 0 Å². The van der Waals surface area contributed by atoms with Crippen LogP contribution in [0.1, 0.15) is 49.0 Å². The number of pyridine rings is 1. The van der Waals surface area contributed by atoms with Crippen LogP contribution in [0.4, 0.5) is 16.3 Å². The van der Waals surface area contributed by atoms with Gasteiger partial charge in [0.25, 0.3) is 0 Å². The highest BCUT2D eigenvalue weighted by Gasteiger charge is 2.30. The summed E-state index contributed by atoms with van der Waals surface area (Å²) >= 11 is 0. The quantitative estimate of drug-likeness (QED) is 0.432. The fraction of sp³-hybridized carbons (Fsp3) is 0.387. The molecular weight excluding hydrogens is 518 g/mol. The highest BCUT2D eigenvalue weighted by molar-refractivity contribution is 5.94. The molecule has 0 spiro atoms. The van der Waals surface area contributed by atoms with E-state index >= 15 is 0 Å². The number of carbonyl (C=O) groups excluding carboxylic acids is 2. The molecule has 2 aliphatic heterocycles. The van der Waals surface area contributed by atoms with Crippen molar-refractivity contribution in [2.75, 3.05) is 43.6 Å². The van der Waals surface area contributed by atoms with Crippen molar-refractivity contribution in [2.45, 2.75) is 47.7 Å². The number of hydrogen-bond acceptors (Lipinski definition) is 8. The van der Waals surface area contributed by atoms with Gasteiger partial charge >= 0.3 is 6.03 Å². The van der Waals surface area contributed by atoms with Gasteiger partial charge in [-0.05, 0) is 44.5 Å². The number of nitrogens with one attached hydrogen (secondary N) is 2. The highest BCUT2D eigenvalue weighted by atomic mass is 16.5. The van der Waals surface area contributed by atoms with Crippen LogP contribution in [0.2, 0.25) is 0 Å². The first kappa shape index (κ1) is 31.2. The molecule has 0 atom stereocenters. The van der Waals surface area contributed by atoms with Crippen LogP contribution in [0.5, 0.6) is 0 Å². The van der Waals surface area contributed by atoms with Crippen LogP contribution >= 0.6 is 0 Å². The van der Waals surface area contributed by atoms with Crippen molar-refractivity contribution in [3.05, 3.63) is 83.1 Å². The second kappa shape index (κ2) is 15.5. The molecule has 1 aromatic carbocycles. The zero-order chi connectivity index (χ0) is 29.8. The number of fused-ring (bicyclic) bond motifs is 1. The fourth-order valence-electron chi connectivity index (χ4n) is 4.49. The van der Waals surface area contributed by atoms with E-state index in [1.54, 1.807) is 36.4 Å². The average Bonchev–Trinajstić information content (AvgIpc) is 3.42. The molecule has 0 saturated carbocycles. The van der Waals surface area contributed by atoms with Gasteiger partial charge < -0.3 is 25.2 Å². The minimum Gasteiger partial charge on any atom is -0.388 e. The highest BCUT2D eigenvalue weighted by Crippen LogP contribution is 2.30. The van der Waals surface area contributed by atoms with Crippen LogP contribution in [0, 0.1) is 13.8 Å². The van der Waals surface area contributed by atoms with E-state index in [-0.39, 0.29) is 11.8 Å². The Morgan fingerprint density at radius 2 is 1.78 bits per heavy atom. The third kappa shape index (κ3) is 8.84. The van der Waals surface area contributed by atoms with Gasteiger partial charge in [0.2, 0.25) is 0 Å². The number of ether oxygens (including phenoxy) is 1. The summed E-state index contributed by atoms with van der Waals surface area (Å²) in [7, 11) is 1.82. The molecule has 2 amide bonds. The summed E-state index contributed by atoms with van der Waals surface area (Å²) in [6.45, 7) is 13.5. The number of rotatable bonds is 5. The van der Waals surface area contributed by atoms with Crippen LogP contribution in [0.3, 0.4) is 0 Å². The number of aromatic nitrogens is 3. The maximum atomic E-state index is 12.6. The summed E-state index contributed by atoms with van der Waals surface area (Å²) in [6, 6.07) is 11.5. The minimum atomic E-state index is -0.156. The van der Waals surface area contributed by atoms with Crippen molar-refractivity contribution in [1.29, 1.82) is 0 Å². The molecule has 2 aromatic heterocycles. The zero-order valence-corrected chi connectivity index (χ0v) is 24.9. The number of morpholine rings is 1. The summed E-state index contributed by atoms with van der Waals surface area (Å²) in [5.74, 6) is 1.72. The largest absolute Gasteiger partial charge is 0.388 e. The molecule has 0 aliphatic carbocycles. The zero-order valence-electron chi connectivity index (χ0n) is 24.9. The SMILES string of the molecule is CC.CN/C(=C\C(C)=O)c1cccc(C)c1.Cc1nc2c(c(N3CCOCC3)n1)CN(C(=O)Nc1cccnc1)C2. The maximum Gasteiger partial charge on any atom is 0.322 e. The third-order valence-electron chi connectivity index (χ3n) is 6.33. The van der Waals surface area contributed by atoms with Gasteiger partial charge in [0.15, 0.2) is 5.78 Å². The number of ketones is 1. The molecule has 218 valence electrons. The lowest BCUT2D eigenvalue weighted by Crippen LogP contribution is -2.37. The van der Waals surface area contributed by atoms with Crippen molar-refractivity contribution >= 4 is 29.0 Å². The maximum absolute atomic E-state index is 12.6. The average molecular weight is 560 g/mol. The van der Waals surface area contributed by atoms with Crippen molar-refractivity contribution in [3.8, 4) is 0 Å². The number of nitrogens with zero attached hydrogens (tertiary/aromatic N) is 5. The van der Waals surface area contributed by atoms with Crippen LogP contribution in [0.25, 0.3) is 5.70 Å². The Balaban J connectivity index is 0.000000247. The number of aryl methyl sites for hydroxylation is 2. The van der Waals surface area contributed by atoms with Gasteiger partial charge in [-0.1, -0.05) is 37.6 Å². The van der Waals surface area contributed by atoms with Crippen LogP contribution < -0.4 is 15.5 Å². The Labute approximate surface area is 242 Å². The van der Waals surface area contributed by atoms with E-state index in [0.29, 0.717) is 32.0 Å². The molecule has 10 nitrogen and oxygen atoms in total. The van der Waals surface area contributed by atoms with E-state index in [2.05, 4.69) is 30.5 Å². The van der Waals surface area contributed by atoms with Crippen LogP contribution in [-0.2, 0) is 22.6 Å². The topological polar surface area (TPSA) is 113 Å². The van der Waals surface area contributed by atoms with E-state index in [1.165, 1.54) is 5.56 Å². The summed E-state index contributed by atoms with van der Waals surface area (Å²) in [6.07, 6.45) is 4.91. The van der Waals surface area contributed by atoms with Gasteiger partial charge in [-0.15, -0.1) is 0 Å². The van der Waals surface area contributed by atoms with Crippen molar-refractivity contribution in [1.82, 2.24) is 25.2 Å².